The van der Waals surface area contributed by atoms with Gasteiger partial charge in [-0.3, -0.25) is 4.99 Å². The zero-order valence-corrected chi connectivity index (χ0v) is 18.0. The molecule has 0 aliphatic rings. The van der Waals surface area contributed by atoms with Gasteiger partial charge in [0.1, 0.15) is 6.61 Å². The van der Waals surface area contributed by atoms with Crippen molar-refractivity contribution in [1.29, 1.82) is 0 Å². The lowest BCUT2D eigenvalue weighted by Gasteiger charge is -2.11. The molecule has 0 heterocycles. The van der Waals surface area contributed by atoms with E-state index in [9.17, 15) is 4.79 Å². The molecule has 1 N–H and O–H groups in total. The zero-order chi connectivity index (χ0) is 22.2. The van der Waals surface area contributed by atoms with E-state index in [4.69, 9.17) is 14.6 Å². The van der Waals surface area contributed by atoms with Crippen molar-refractivity contribution < 1.29 is 19.4 Å². The summed E-state index contributed by atoms with van der Waals surface area (Å²) in [6.07, 6.45) is 2.92. The first kappa shape index (κ1) is 22.1. The van der Waals surface area contributed by atoms with E-state index in [0.717, 1.165) is 23.2 Å². The normalized spacial score (nSPS) is 12.0. The Labute approximate surface area is 183 Å². The minimum Gasteiger partial charge on any atom is -0.493 e. The summed E-state index contributed by atoms with van der Waals surface area (Å²) in [5, 5.41) is 8.98. The summed E-state index contributed by atoms with van der Waals surface area (Å²) in [6.45, 7) is 4.72. The Hall–Kier alpha value is -3.60. The third kappa shape index (κ3) is 5.95. The van der Waals surface area contributed by atoms with Gasteiger partial charge in [-0.2, -0.15) is 0 Å². The second kappa shape index (κ2) is 10.4. The molecule has 0 aliphatic carbocycles. The van der Waals surface area contributed by atoms with Crippen LogP contribution in [-0.2, 0) is 6.61 Å². The number of nitrogens with zero attached hydrogens (tertiary/aromatic N) is 1. The lowest BCUT2D eigenvalue weighted by atomic mass is 9.99. The molecular formula is C26H27NO4. The molecule has 0 bridgehead atoms. The number of methoxy groups -OCH3 is 1. The fourth-order valence-corrected chi connectivity index (χ4v) is 3.06. The highest BCUT2D eigenvalue weighted by Gasteiger charge is 2.07. The number of benzene rings is 3. The van der Waals surface area contributed by atoms with E-state index in [1.54, 1.807) is 37.6 Å². The van der Waals surface area contributed by atoms with Crippen LogP contribution >= 0.6 is 0 Å². The van der Waals surface area contributed by atoms with Crippen molar-refractivity contribution in [2.45, 2.75) is 32.8 Å². The fourth-order valence-electron chi connectivity index (χ4n) is 3.06. The van der Waals surface area contributed by atoms with E-state index < -0.39 is 5.97 Å². The largest absolute Gasteiger partial charge is 0.493 e. The van der Waals surface area contributed by atoms with Gasteiger partial charge in [0, 0.05) is 6.21 Å². The van der Waals surface area contributed by atoms with E-state index in [1.807, 2.05) is 30.3 Å². The zero-order valence-electron chi connectivity index (χ0n) is 18.0. The molecule has 1 atom stereocenters. The first-order valence-corrected chi connectivity index (χ1v) is 10.3. The van der Waals surface area contributed by atoms with Crippen LogP contribution in [0.2, 0.25) is 0 Å². The van der Waals surface area contributed by atoms with E-state index in [0.29, 0.717) is 24.0 Å². The highest BCUT2D eigenvalue weighted by molar-refractivity contribution is 5.87. The molecule has 0 saturated carbocycles. The highest BCUT2D eigenvalue weighted by Crippen LogP contribution is 2.29. The van der Waals surface area contributed by atoms with Crippen molar-refractivity contribution in [2.24, 2.45) is 4.99 Å². The van der Waals surface area contributed by atoms with Crippen LogP contribution in [0.4, 0.5) is 5.69 Å². The van der Waals surface area contributed by atoms with Crippen molar-refractivity contribution in [1.82, 2.24) is 0 Å². The van der Waals surface area contributed by atoms with Crippen LogP contribution in [0.5, 0.6) is 11.5 Å². The minimum atomic E-state index is -0.946. The maximum atomic E-state index is 10.9. The lowest BCUT2D eigenvalue weighted by Crippen LogP contribution is -2.00. The second-order valence-corrected chi connectivity index (χ2v) is 7.36. The Kier molecular flexibility index (Phi) is 7.44. The van der Waals surface area contributed by atoms with Crippen LogP contribution in [0, 0.1) is 0 Å². The van der Waals surface area contributed by atoms with Gasteiger partial charge in [0.25, 0.3) is 0 Å². The van der Waals surface area contributed by atoms with Gasteiger partial charge in [-0.15, -0.1) is 0 Å². The van der Waals surface area contributed by atoms with Gasteiger partial charge in [0.2, 0.25) is 0 Å². The number of hydrogen-bond acceptors (Lipinski definition) is 4. The molecular weight excluding hydrogens is 390 g/mol. The number of hydrogen-bond donors (Lipinski definition) is 1. The molecule has 5 heteroatoms. The highest BCUT2D eigenvalue weighted by atomic mass is 16.5. The first-order chi connectivity index (χ1) is 15.0. The van der Waals surface area contributed by atoms with Crippen molar-refractivity contribution in [3.63, 3.8) is 0 Å². The Morgan fingerprint density at radius 3 is 2.35 bits per heavy atom. The van der Waals surface area contributed by atoms with Crippen LogP contribution in [0.3, 0.4) is 0 Å². The van der Waals surface area contributed by atoms with Crippen molar-refractivity contribution in [2.75, 3.05) is 7.11 Å². The molecule has 0 saturated heterocycles. The smallest absolute Gasteiger partial charge is 0.335 e. The average molecular weight is 418 g/mol. The van der Waals surface area contributed by atoms with Gasteiger partial charge in [-0.05, 0) is 71.5 Å². The molecule has 0 unspecified atom stereocenters. The summed E-state index contributed by atoms with van der Waals surface area (Å²) in [7, 11) is 1.60. The average Bonchev–Trinajstić information content (AvgIpc) is 2.81. The van der Waals surface area contributed by atoms with Crippen LogP contribution in [0.15, 0.2) is 71.7 Å². The van der Waals surface area contributed by atoms with Crippen molar-refractivity contribution >= 4 is 17.9 Å². The first-order valence-electron chi connectivity index (χ1n) is 10.3. The third-order valence-corrected chi connectivity index (χ3v) is 5.22. The Balaban J connectivity index is 1.66. The summed E-state index contributed by atoms with van der Waals surface area (Å²) < 4.78 is 11.3. The van der Waals surface area contributed by atoms with Gasteiger partial charge in [-0.25, -0.2) is 4.79 Å². The van der Waals surface area contributed by atoms with Gasteiger partial charge in [-0.1, -0.05) is 38.1 Å². The van der Waals surface area contributed by atoms with E-state index in [1.165, 1.54) is 5.56 Å². The van der Waals surface area contributed by atoms with Gasteiger partial charge < -0.3 is 14.6 Å². The number of aliphatic imine (C=N–C) groups is 1. The minimum absolute atomic E-state index is 0.250. The molecule has 0 spiro atoms. The van der Waals surface area contributed by atoms with Gasteiger partial charge >= 0.3 is 5.97 Å². The molecule has 3 rings (SSSR count). The molecule has 3 aromatic carbocycles. The maximum Gasteiger partial charge on any atom is 0.335 e. The number of carbonyl (C=O) groups is 1. The molecule has 31 heavy (non-hydrogen) atoms. The topological polar surface area (TPSA) is 68.1 Å². The molecule has 0 fully saturated rings. The maximum absolute atomic E-state index is 10.9. The predicted octanol–water partition coefficient (Wildman–Crippen LogP) is 6.24. The summed E-state index contributed by atoms with van der Waals surface area (Å²) in [5.41, 5.74) is 4.25. The molecule has 0 aliphatic heterocycles. The third-order valence-electron chi connectivity index (χ3n) is 5.22. The van der Waals surface area contributed by atoms with Crippen LogP contribution in [0.25, 0.3) is 0 Å². The number of aromatic carboxylic acids is 1. The Bertz CT molecular complexity index is 1040. The van der Waals surface area contributed by atoms with E-state index >= 15 is 0 Å². The SMILES string of the molecule is CC[C@H](C)c1ccc(N=Cc2ccc(OCc3ccc(C(=O)O)cc3)c(OC)c2)cc1. The number of carboxylic acids is 1. The van der Waals surface area contributed by atoms with Crippen LogP contribution < -0.4 is 9.47 Å². The molecule has 0 amide bonds. The second-order valence-electron chi connectivity index (χ2n) is 7.36. The summed E-state index contributed by atoms with van der Waals surface area (Å²) in [4.78, 5) is 15.5. The summed E-state index contributed by atoms with van der Waals surface area (Å²) in [6, 6.07) is 20.6. The van der Waals surface area contributed by atoms with Crippen molar-refractivity contribution in [3.8, 4) is 11.5 Å². The predicted molar refractivity (Wildman–Crippen MR) is 123 cm³/mol. The number of carboxylic acid groups (broad SMARTS) is 1. The number of ether oxygens (including phenoxy) is 2. The summed E-state index contributed by atoms with van der Waals surface area (Å²) in [5.74, 6) is 0.820. The molecule has 5 nitrogen and oxygen atoms in total. The fraction of sp³-hybridized carbons (Fsp3) is 0.231. The molecule has 0 radical (unpaired) electrons. The molecule has 3 aromatic rings. The molecule has 0 aromatic heterocycles. The standard InChI is InChI=1S/C26H27NO4/c1-4-18(2)21-10-12-23(13-11-21)27-16-20-7-14-24(25(15-20)30-3)31-17-19-5-8-22(9-6-19)26(28)29/h5-16,18H,4,17H2,1-3H3,(H,28,29)/t18-/m0/s1. The van der Waals surface area contributed by atoms with E-state index in [2.05, 4.69) is 31.0 Å². The van der Waals surface area contributed by atoms with Crippen molar-refractivity contribution in [3.05, 3.63) is 89.0 Å². The Morgan fingerprint density at radius 2 is 1.74 bits per heavy atom. The van der Waals surface area contributed by atoms with Crippen LogP contribution in [-0.4, -0.2) is 24.4 Å². The van der Waals surface area contributed by atoms with Crippen LogP contribution in [0.1, 0.15) is 53.2 Å². The van der Waals surface area contributed by atoms with Gasteiger partial charge in [0.05, 0.1) is 18.4 Å². The summed E-state index contributed by atoms with van der Waals surface area (Å²) >= 11 is 0. The lowest BCUT2D eigenvalue weighted by molar-refractivity contribution is 0.0697. The quantitative estimate of drug-likeness (QED) is 0.419. The monoisotopic (exact) mass is 417 g/mol. The van der Waals surface area contributed by atoms with E-state index in [-0.39, 0.29) is 5.56 Å². The molecule has 160 valence electrons. The Morgan fingerprint density at radius 1 is 1.03 bits per heavy atom. The van der Waals surface area contributed by atoms with Gasteiger partial charge in [0.15, 0.2) is 11.5 Å². The number of rotatable bonds is 9.